The van der Waals surface area contributed by atoms with Crippen LogP contribution in [0.5, 0.6) is 0 Å². The highest BCUT2D eigenvalue weighted by atomic mass is 35.5. The van der Waals surface area contributed by atoms with Gasteiger partial charge in [-0.2, -0.15) is 0 Å². The number of nitrogens with one attached hydrogen (secondary N) is 1. The summed E-state index contributed by atoms with van der Waals surface area (Å²) in [7, 11) is 0. The molecular formula is C21H23ClF2N2O. The number of benzene rings is 2. The average Bonchev–Trinajstić information content (AvgIpc) is 2.92. The van der Waals surface area contributed by atoms with Crippen molar-refractivity contribution in [3.05, 3.63) is 69.7 Å². The van der Waals surface area contributed by atoms with Crippen LogP contribution in [0.15, 0.2) is 36.4 Å². The summed E-state index contributed by atoms with van der Waals surface area (Å²) in [5.74, 6) is -2.70. The van der Waals surface area contributed by atoms with Crippen LogP contribution in [0.3, 0.4) is 0 Å². The molecule has 2 aromatic rings. The molecule has 0 saturated carbocycles. The zero-order valence-corrected chi connectivity index (χ0v) is 15.9. The SMILES string of the molecule is O=C(NCc1ccc(CN2CCCCCC2)cc1)c1cc(F)c(F)cc1Cl. The molecule has 0 spiro atoms. The first-order valence-corrected chi connectivity index (χ1v) is 9.63. The van der Waals surface area contributed by atoms with E-state index in [-0.39, 0.29) is 17.1 Å². The van der Waals surface area contributed by atoms with Gasteiger partial charge in [0.15, 0.2) is 11.6 Å². The number of hydrogen-bond acceptors (Lipinski definition) is 2. The molecule has 1 aliphatic heterocycles. The predicted molar refractivity (Wildman–Crippen MR) is 103 cm³/mol. The number of hydrogen-bond donors (Lipinski definition) is 1. The molecule has 144 valence electrons. The van der Waals surface area contributed by atoms with Crippen molar-refractivity contribution in [2.45, 2.75) is 38.8 Å². The van der Waals surface area contributed by atoms with Crippen LogP contribution in [0.2, 0.25) is 5.02 Å². The van der Waals surface area contributed by atoms with Gasteiger partial charge in [-0.1, -0.05) is 48.7 Å². The smallest absolute Gasteiger partial charge is 0.253 e. The molecule has 1 amide bonds. The number of amides is 1. The molecule has 0 radical (unpaired) electrons. The Morgan fingerprint density at radius 1 is 0.963 bits per heavy atom. The van der Waals surface area contributed by atoms with E-state index in [1.807, 2.05) is 12.1 Å². The lowest BCUT2D eigenvalue weighted by atomic mass is 10.1. The van der Waals surface area contributed by atoms with Crippen molar-refractivity contribution in [2.24, 2.45) is 0 Å². The molecule has 1 heterocycles. The first-order chi connectivity index (χ1) is 13.0. The second-order valence-corrected chi connectivity index (χ2v) is 7.34. The maximum absolute atomic E-state index is 13.3. The second kappa shape index (κ2) is 9.29. The number of carbonyl (C=O) groups excluding carboxylic acids is 1. The van der Waals surface area contributed by atoms with Crippen molar-refractivity contribution in [1.82, 2.24) is 10.2 Å². The van der Waals surface area contributed by atoms with Crippen LogP contribution in [0, 0.1) is 11.6 Å². The molecule has 1 N–H and O–H groups in total. The van der Waals surface area contributed by atoms with E-state index in [1.54, 1.807) is 0 Å². The number of likely N-dealkylation sites (tertiary alicyclic amines) is 1. The molecule has 0 aromatic heterocycles. The van der Waals surface area contributed by atoms with E-state index in [0.29, 0.717) is 0 Å². The Hall–Kier alpha value is -1.98. The van der Waals surface area contributed by atoms with Crippen LogP contribution in [0.4, 0.5) is 8.78 Å². The van der Waals surface area contributed by atoms with E-state index in [9.17, 15) is 13.6 Å². The van der Waals surface area contributed by atoms with Gasteiger partial charge in [-0.25, -0.2) is 8.78 Å². The van der Waals surface area contributed by atoms with Gasteiger partial charge in [-0.15, -0.1) is 0 Å². The predicted octanol–water partition coefficient (Wildman–Crippen LogP) is 4.92. The lowest BCUT2D eigenvalue weighted by Gasteiger charge is -2.19. The topological polar surface area (TPSA) is 32.3 Å². The molecule has 2 aromatic carbocycles. The maximum atomic E-state index is 13.3. The molecule has 1 fully saturated rings. The van der Waals surface area contributed by atoms with Crippen molar-refractivity contribution in [1.29, 1.82) is 0 Å². The third kappa shape index (κ3) is 5.50. The third-order valence-electron chi connectivity index (χ3n) is 4.84. The van der Waals surface area contributed by atoms with Gasteiger partial charge < -0.3 is 5.32 Å². The Bertz CT molecular complexity index is 788. The summed E-state index contributed by atoms with van der Waals surface area (Å²) < 4.78 is 26.4. The zero-order chi connectivity index (χ0) is 19.2. The highest BCUT2D eigenvalue weighted by molar-refractivity contribution is 6.33. The molecule has 0 unspecified atom stereocenters. The van der Waals surface area contributed by atoms with Crippen LogP contribution in [-0.4, -0.2) is 23.9 Å². The van der Waals surface area contributed by atoms with Gasteiger partial charge in [0, 0.05) is 13.1 Å². The summed E-state index contributed by atoms with van der Waals surface area (Å²) in [5, 5.41) is 2.58. The molecule has 3 rings (SSSR count). The van der Waals surface area contributed by atoms with Crippen LogP contribution in [0.25, 0.3) is 0 Å². The van der Waals surface area contributed by atoms with Gasteiger partial charge >= 0.3 is 0 Å². The molecule has 0 atom stereocenters. The number of nitrogens with zero attached hydrogens (tertiary/aromatic N) is 1. The van der Waals surface area contributed by atoms with Gasteiger partial charge in [0.05, 0.1) is 10.6 Å². The quantitative estimate of drug-likeness (QED) is 0.732. The van der Waals surface area contributed by atoms with Gasteiger partial charge in [-0.3, -0.25) is 9.69 Å². The maximum Gasteiger partial charge on any atom is 0.253 e. The van der Waals surface area contributed by atoms with E-state index in [1.165, 1.54) is 31.2 Å². The first kappa shape index (κ1) is 19.8. The normalized spacial score (nSPS) is 15.4. The van der Waals surface area contributed by atoms with Crippen molar-refractivity contribution in [2.75, 3.05) is 13.1 Å². The molecule has 3 nitrogen and oxygen atoms in total. The van der Waals surface area contributed by atoms with Crippen molar-refractivity contribution >= 4 is 17.5 Å². The van der Waals surface area contributed by atoms with E-state index >= 15 is 0 Å². The van der Waals surface area contributed by atoms with Gasteiger partial charge in [-0.05, 0) is 49.2 Å². The van der Waals surface area contributed by atoms with Crippen molar-refractivity contribution in [3.8, 4) is 0 Å². The van der Waals surface area contributed by atoms with Gasteiger partial charge in [0.2, 0.25) is 0 Å². The molecular weight excluding hydrogens is 370 g/mol. The Morgan fingerprint density at radius 3 is 2.22 bits per heavy atom. The van der Waals surface area contributed by atoms with Crippen LogP contribution < -0.4 is 5.32 Å². The van der Waals surface area contributed by atoms with E-state index in [2.05, 4.69) is 22.3 Å². The Labute approximate surface area is 163 Å². The zero-order valence-electron chi connectivity index (χ0n) is 15.1. The highest BCUT2D eigenvalue weighted by Crippen LogP contribution is 2.20. The minimum absolute atomic E-state index is 0.0756. The van der Waals surface area contributed by atoms with Crippen molar-refractivity contribution < 1.29 is 13.6 Å². The minimum atomic E-state index is -1.09. The van der Waals surface area contributed by atoms with E-state index in [4.69, 9.17) is 11.6 Å². The van der Waals surface area contributed by atoms with Crippen LogP contribution in [0.1, 0.15) is 47.2 Å². The molecule has 1 aliphatic rings. The fourth-order valence-electron chi connectivity index (χ4n) is 3.29. The van der Waals surface area contributed by atoms with E-state index in [0.717, 1.165) is 37.3 Å². The summed E-state index contributed by atoms with van der Waals surface area (Å²) in [5.41, 5.74) is 2.10. The molecule has 27 heavy (non-hydrogen) atoms. The monoisotopic (exact) mass is 392 g/mol. The fourth-order valence-corrected chi connectivity index (χ4v) is 3.53. The Morgan fingerprint density at radius 2 is 1.56 bits per heavy atom. The lowest BCUT2D eigenvalue weighted by Crippen LogP contribution is -2.24. The number of carbonyl (C=O) groups is 1. The molecule has 0 aliphatic carbocycles. The lowest BCUT2D eigenvalue weighted by molar-refractivity contribution is 0.0950. The highest BCUT2D eigenvalue weighted by Gasteiger charge is 2.15. The van der Waals surface area contributed by atoms with Crippen LogP contribution in [-0.2, 0) is 13.1 Å². The second-order valence-electron chi connectivity index (χ2n) is 6.94. The summed E-state index contributed by atoms with van der Waals surface area (Å²) in [6, 6.07) is 9.70. The largest absolute Gasteiger partial charge is 0.348 e. The third-order valence-corrected chi connectivity index (χ3v) is 5.15. The van der Waals surface area contributed by atoms with Crippen LogP contribution >= 0.6 is 11.6 Å². The summed E-state index contributed by atoms with van der Waals surface area (Å²) in [4.78, 5) is 14.7. The summed E-state index contributed by atoms with van der Waals surface area (Å²) in [6.45, 7) is 3.52. The molecule has 6 heteroatoms. The Balaban J connectivity index is 1.55. The Kier molecular flexibility index (Phi) is 6.80. The van der Waals surface area contributed by atoms with Crippen molar-refractivity contribution in [3.63, 3.8) is 0 Å². The average molecular weight is 393 g/mol. The van der Waals surface area contributed by atoms with Gasteiger partial charge in [0.25, 0.3) is 5.91 Å². The fraction of sp³-hybridized carbons (Fsp3) is 0.381. The molecule has 0 bridgehead atoms. The molecule has 1 saturated heterocycles. The van der Waals surface area contributed by atoms with E-state index < -0.39 is 17.5 Å². The number of rotatable bonds is 5. The summed E-state index contributed by atoms with van der Waals surface area (Å²) in [6.07, 6.45) is 5.15. The van der Waals surface area contributed by atoms with Gasteiger partial charge in [0.1, 0.15) is 0 Å². The minimum Gasteiger partial charge on any atom is -0.348 e. The first-order valence-electron chi connectivity index (χ1n) is 9.26. The summed E-state index contributed by atoms with van der Waals surface area (Å²) >= 11 is 5.83. The standard InChI is InChI=1S/C21H23ClF2N2O/c22-18-12-20(24)19(23)11-17(18)21(27)25-13-15-5-7-16(8-6-15)14-26-9-3-1-2-4-10-26/h5-8,11-12H,1-4,9-10,13-14H2,(H,25,27). The number of halogens is 3.